The fourth-order valence-electron chi connectivity index (χ4n) is 2.70. The van der Waals surface area contributed by atoms with Gasteiger partial charge in [0.1, 0.15) is 5.60 Å². The number of carbonyl (C=O) groups is 1. The van der Waals surface area contributed by atoms with Crippen molar-refractivity contribution >= 4 is 5.97 Å². The Morgan fingerprint density at radius 3 is 2.50 bits per heavy atom. The maximum absolute atomic E-state index is 11.6. The molecule has 1 fully saturated rings. The average Bonchev–Trinajstić information content (AvgIpc) is 2.33. The summed E-state index contributed by atoms with van der Waals surface area (Å²) in [6, 6.07) is 0. The summed E-state index contributed by atoms with van der Waals surface area (Å²) in [6.07, 6.45) is 2.01. The Balaban J connectivity index is 2.80. The van der Waals surface area contributed by atoms with Gasteiger partial charge < -0.3 is 5.32 Å². The van der Waals surface area contributed by atoms with Crippen LogP contribution in [0.5, 0.6) is 0 Å². The van der Waals surface area contributed by atoms with Gasteiger partial charge in [-0.2, -0.15) is 4.89 Å². The van der Waals surface area contributed by atoms with E-state index in [-0.39, 0.29) is 11.5 Å². The lowest BCUT2D eigenvalue weighted by molar-refractivity contribution is -0.351. The fourth-order valence-corrected chi connectivity index (χ4v) is 2.70. The zero-order valence-corrected chi connectivity index (χ0v) is 13.7. The lowest BCUT2D eigenvalue weighted by Crippen LogP contribution is -2.54. The second-order valence-corrected chi connectivity index (χ2v) is 7.07. The van der Waals surface area contributed by atoms with Gasteiger partial charge in [-0.15, -0.1) is 0 Å². The number of piperidine rings is 1. The molecule has 1 aliphatic rings. The van der Waals surface area contributed by atoms with Gasteiger partial charge in [0.2, 0.25) is 0 Å². The number of hydrogen-bond donors (Lipinski definition) is 1. The molecule has 0 radical (unpaired) electrons. The van der Waals surface area contributed by atoms with Crippen LogP contribution in [0.25, 0.3) is 0 Å². The summed E-state index contributed by atoms with van der Waals surface area (Å²) in [4.78, 5) is 22.2. The Bertz CT molecular complexity index is 376. The van der Waals surface area contributed by atoms with Crippen molar-refractivity contribution in [2.24, 2.45) is 11.8 Å². The van der Waals surface area contributed by atoms with Crippen molar-refractivity contribution in [2.75, 3.05) is 6.54 Å². The molecule has 4 nitrogen and oxygen atoms in total. The van der Waals surface area contributed by atoms with E-state index in [4.69, 9.17) is 9.78 Å². The normalized spacial score (nSPS) is 25.1. The van der Waals surface area contributed by atoms with Crippen molar-refractivity contribution in [3.63, 3.8) is 0 Å². The fraction of sp³-hybridized carbons (Fsp3) is 0.812. The molecule has 0 saturated carbocycles. The molecule has 2 atom stereocenters. The van der Waals surface area contributed by atoms with Crippen molar-refractivity contribution in [3.8, 4) is 0 Å². The van der Waals surface area contributed by atoms with Gasteiger partial charge in [-0.25, -0.2) is 4.79 Å². The van der Waals surface area contributed by atoms with Gasteiger partial charge in [-0.1, -0.05) is 20.4 Å². The molecule has 0 aromatic carbocycles. The summed E-state index contributed by atoms with van der Waals surface area (Å²) < 4.78 is 0. The second-order valence-electron chi connectivity index (χ2n) is 7.07. The molecule has 116 valence electrons. The van der Waals surface area contributed by atoms with Gasteiger partial charge in [0.25, 0.3) is 0 Å². The van der Waals surface area contributed by atoms with E-state index in [2.05, 4.69) is 39.6 Å². The van der Waals surface area contributed by atoms with Crippen molar-refractivity contribution in [3.05, 3.63) is 12.2 Å². The molecular formula is C16H29NO3. The van der Waals surface area contributed by atoms with E-state index in [1.54, 1.807) is 6.92 Å². The molecule has 1 rings (SSSR count). The third-order valence-electron chi connectivity index (χ3n) is 4.46. The molecule has 0 aromatic heterocycles. The summed E-state index contributed by atoms with van der Waals surface area (Å²) in [5.74, 6) is 0.0982. The standard InChI is InChI=1S/C16H29NO3/c1-11(2)14(18)19-20-16(7,12(3)4)13-8-9-17-15(5,6)10-13/h12-13,17H,1,8-10H2,2-7H3. The monoisotopic (exact) mass is 283 g/mol. The van der Waals surface area contributed by atoms with Crippen LogP contribution in [-0.4, -0.2) is 23.7 Å². The first-order chi connectivity index (χ1) is 9.08. The number of hydrogen-bond acceptors (Lipinski definition) is 4. The highest BCUT2D eigenvalue weighted by Gasteiger charge is 2.44. The molecule has 0 aliphatic carbocycles. The minimum Gasteiger partial charge on any atom is -0.312 e. The first-order valence-corrected chi connectivity index (χ1v) is 7.39. The van der Waals surface area contributed by atoms with E-state index >= 15 is 0 Å². The van der Waals surface area contributed by atoms with Crippen LogP contribution in [0, 0.1) is 11.8 Å². The number of nitrogens with one attached hydrogen (secondary N) is 1. The first kappa shape index (κ1) is 17.2. The van der Waals surface area contributed by atoms with Gasteiger partial charge in [0, 0.05) is 11.1 Å². The van der Waals surface area contributed by atoms with E-state index in [0.717, 1.165) is 19.4 Å². The largest absolute Gasteiger partial charge is 0.368 e. The van der Waals surface area contributed by atoms with Crippen LogP contribution >= 0.6 is 0 Å². The minimum atomic E-state index is -0.495. The van der Waals surface area contributed by atoms with Crippen LogP contribution in [0.2, 0.25) is 0 Å². The van der Waals surface area contributed by atoms with Crippen molar-refractivity contribution in [1.82, 2.24) is 5.32 Å². The van der Waals surface area contributed by atoms with Crippen molar-refractivity contribution in [2.45, 2.75) is 65.5 Å². The Morgan fingerprint density at radius 1 is 1.45 bits per heavy atom. The predicted octanol–water partition coefficient (Wildman–Crippen LogP) is 3.23. The highest BCUT2D eigenvalue weighted by atomic mass is 17.2. The van der Waals surface area contributed by atoms with Gasteiger partial charge in [0.15, 0.2) is 0 Å². The molecule has 20 heavy (non-hydrogen) atoms. The van der Waals surface area contributed by atoms with E-state index in [1.165, 1.54) is 0 Å². The Kier molecular flexibility index (Phi) is 5.39. The smallest absolute Gasteiger partial charge is 0.312 e. The zero-order chi connectivity index (χ0) is 15.6. The van der Waals surface area contributed by atoms with Gasteiger partial charge in [-0.05, 0) is 58.9 Å². The predicted molar refractivity (Wildman–Crippen MR) is 80.0 cm³/mol. The molecule has 1 aliphatic heterocycles. The maximum atomic E-state index is 11.6. The van der Waals surface area contributed by atoms with Crippen LogP contribution in [0.15, 0.2) is 12.2 Å². The molecule has 0 aromatic rings. The zero-order valence-electron chi connectivity index (χ0n) is 13.7. The first-order valence-electron chi connectivity index (χ1n) is 7.39. The Morgan fingerprint density at radius 2 is 2.05 bits per heavy atom. The van der Waals surface area contributed by atoms with Crippen molar-refractivity contribution < 1.29 is 14.6 Å². The summed E-state index contributed by atoms with van der Waals surface area (Å²) >= 11 is 0. The highest BCUT2D eigenvalue weighted by molar-refractivity contribution is 5.86. The lowest BCUT2D eigenvalue weighted by atomic mass is 9.71. The molecule has 1 N–H and O–H groups in total. The van der Waals surface area contributed by atoms with E-state index in [9.17, 15) is 4.79 Å². The quantitative estimate of drug-likeness (QED) is 0.478. The molecule has 4 heteroatoms. The molecule has 1 saturated heterocycles. The molecular weight excluding hydrogens is 254 g/mol. The minimum absolute atomic E-state index is 0.0841. The third-order valence-corrected chi connectivity index (χ3v) is 4.46. The van der Waals surface area contributed by atoms with Crippen LogP contribution in [-0.2, 0) is 14.6 Å². The number of carbonyl (C=O) groups excluding carboxylic acids is 1. The number of rotatable bonds is 5. The van der Waals surface area contributed by atoms with Crippen LogP contribution < -0.4 is 5.32 Å². The Labute approximate surface area is 122 Å². The van der Waals surface area contributed by atoms with E-state index < -0.39 is 11.6 Å². The summed E-state index contributed by atoms with van der Waals surface area (Å²) in [6.45, 7) is 16.8. The second kappa shape index (κ2) is 6.27. The topological polar surface area (TPSA) is 47.6 Å². The van der Waals surface area contributed by atoms with Crippen LogP contribution in [0.1, 0.15) is 54.4 Å². The Hall–Kier alpha value is -0.870. The lowest BCUT2D eigenvalue weighted by Gasteiger charge is -2.45. The van der Waals surface area contributed by atoms with Gasteiger partial charge in [0.05, 0.1) is 0 Å². The van der Waals surface area contributed by atoms with Crippen LogP contribution in [0.3, 0.4) is 0 Å². The summed E-state index contributed by atoms with van der Waals surface area (Å²) in [5, 5.41) is 3.51. The summed E-state index contributed by atoms with van der Waals surface area (Å²) in [5.41, 5.74) is -0.0487. The molecule has 0 bridgehead atoms. The highest BCUT2D eigenvalue weighted by Crippen LogP contribution is 2.39. The van der Waals surface area contributed by atoms with Crippen molar-refractivity contribution in [1.29, 1.82) is 0 Å². The molecule has 0 amide bonds. The van der Waals surface area contributed by atoms with E-state index in [1.807, 2.05) is 6.92 Å². The van der Waals surface area contributed by atoms with Gasteiger partial charge >= 0.3 is 5.97 Å². The SMILES string of the molecule is C=C(C)C(=O)OOC(C)(C(C)C)C1CCNC(C)(C)C1. The molecule has 0 spiro atoms. The van der Waals surface area contributed by atoms with Crippen LogP contribution in [0.4, 0.5) is 0 Å². The molecule has 1 heterocycles. The van der Waals surface area contributed by atoms with Gasteiger partial charge in [-0.3, -0.25) is 4.89 Å². The third kappa shape index (κ3) is 4.06. The molecule has 2 unspecified atom stereocenters. The summed E-state index contributed by atoms with van der Waals surface area (Å²) in [7, 11) is 0. The maximum Gasteiger partial charge on any atom is 0.368 e. The average molecular weight is 283 g/mol. The van der Waals surface area contributed by atoms with E-state index in [0.29, 0.717) is 11.5 Å².